The first-order chi connectivity index (χ1) is 12.1. The van der Waals surface area contributed by atoms with Crippen LogP contribution in [-0.4, -0.2) is 29.3 Å². The minimum Gasteiger partial charge on any atom is -0.376 e. The summed E-state index contributed by atoms with van der Waals surface area (Å²) in [6, 6.07) is 16.7. The van der Waals surface area contributed by atoms with Crippen molar-refractivity contribution in [2.24, 2.45) is 0 Å². The monoisotopic (exact) mass is 354 g/mol. The molecule has 1 aliphatic heterocycles. The molecule has 0 saturated carbocycles. The molecule has 2 aromatic carbocycles. The van der Waals surface area contributed by atoms with Crippen LogP contribution in [0.4, 0.5) is 5.69 Å². The molecule has 1 N–H and O–H groups in total. The zero-order valence-electron chi connectivity index (χ0n) is 15.0. The van der Waals surface area contributed by atoms with Gasteiger partial charge in [0.2, 0.25) is 0 Å². The van der Waals surface area contributed by atoms with E-state index in [1.807, 2.05) is 6.07 Å². The highest BCUT2D eigenvalue weighted by atomic mass is 32.1. The minimum atomic E-state index is 0.266. The lowest BCUT2D eigenvalue weighted by atomic mass is 10.1. The van der Waals surface area contributed by atoms with Crippen LogP contribution >= 0.6 is 12.2 Å². The summed E-state index contributed by atoms with van der Waals surface area (Å²) in [6.07, 6.45) is 2.51. The van der Waals surface area contributed by atoms with Crippen LogP contribution in [0.25, 0.3) is 0 Å². The fraction of sp³-hybridized carbons (Fsp3) is 0.381. The summed E-state index contributed by atoms with van der Waals surface area (Å²) >= 11 is 5.75. The van der Waals surface area contributed by atoms with Crippen LogP contribution in [0.1, 0.15) is 29.5 Å². The fourth-order valence-corrected chi connectivity index (χ4v) is 3.39. The summed E-state index contributed by atoms with van der Waals surface area (Å²) < 4.78 is 5.84. The molecule has 1 saturated heterocycles. The number of aryl methyl sites for hydroxylation is 1. The molecule has 132 valence electrons. The van der Waals surface area contributed by atoms with Crippen LogP contribution in [-0.2, 0) is 11.3 Å². The Morgan fingerprint density at radius 3 is 2.68 bits per heavy atom. The lowest BCUT2D eigenvalue weighted by Gasteiger charge is -2.29. The summed E-state index contributed by atoms with van der Waals surface area (Å²) in [4.78, 5) is 2.22. The molecule has 1 aliphatic rings. The summed E-state index contributed by atoms with van der Waals surface area (Å²) in [7, 11) is 0. The van der Waals surface area contributed by atoms with E-state index in [2.05, 4.69) is 66.5 Å². The molecular formula is C21H26N2OS. The maximum absolute atomic E-state index is 5.84. The van der Waals surface area contributed by atoms with Crippen molar-refractivity contribution in [3.8, 4) is 0 Å². The Morgan fingerprint density at radius 2 is 1.96 bits per heavy atom. The van der Waals surface area contributed by atoms with E-state index in [4.69, 9.17) is 17.0 Å². The van der Waals surface area contributed by atoms with E-state index in [9.17, 15) is 0 Å². The molecule has 3 nitrogen and oxygen atoms in total. The fourth-order valence-electron chi connectivity index (χ4n) is 3.14. The number of ether oxygens (including phenoxy) is 1. The van der Waals surface area contributed by atoms with Gasteiger partial charge < -0.3 is 15.0 Å². The van der Waals surface area contributed by atoms with Crippen LogP contribution in [0, 0.1) is 13.8 Å². The quantitative estimate of drug-likeness (QED) is 0.788. The van der Waals surface area contributed by atoms with E-state index in [0.717, 1.165) is 43.3 Å². The smallest absolute Gasteiger partial charge is 0.173 e. The second-order valence-corrected chi connectivity index (χ2v) is 7.07. The van der Waals surface area contributed by atoms with Gasteiger partial charge in [-0.05, 0) is 61.7 Å². The highest BCUT2D eigenvalue weighted by Gasteiger charge is 2.21. The molecule has 2 aromatic rings. The molecule has 4 heteroatoms. The van der Waals surface area contributed by atoms with Gasteiger partial charge in [-0.25, -0.2) is 0 Å². The van der Waals surface area contributed by atoms with Gasteiger partial charge in [0, 0.05) is 25.4 Å². The first kappa shape index (κ1) is 17.9. The van der Waals surface area contributed by atoms with Gasteiger partial charge in [0.15, 0.2) is 5.11 Å². The Labute approximate surface area is 156 Å². The Morgan fingerprint density at radius 1 is 1.16 bits per heavy atom. The summed E-state index contributed by atoms with van der Waals surface area (Å²) in [6.45, 7) is 6.73. The standard InChI is InChI=1S/C21H26N2OS/c1-16-8-6-12-20(17(16)2)22-21(25)23(15-19-11-7-13-24-19)14-18-9-4-3-5-10-18/h3-6,8-10,12,19H,7,11,13-15H2,1-2H3,(H,22,25). The molecule has 0 radical (unpaired) electrons. The Balaban J connectivity index is 1.74. The highest BCUT2D eigenvalue weighted by molar-refractivity contribution is 7.80. The predicted octanol–water partition coefficient (Wildman–Crippen LogP) is 4.68. The lowest BCUT2D eigenvalue weighted by Crippen LogP contribution is -2.39. The van der Waals surface area contributed by atoms with Crippen molar-refractivity contribution in [3.05, 3.63) is 65.2 Å². The largest absolute Gasteiger partial charge is 0.376 e. The number of benzene rings is 2. The predicted molar refractivity (Wildman–Crippen MR) is 108 cm³/mol. The normalized spacial score (nSPS) is 16.6. The minimum absolute atomic E-state index is 0.266. The molecule has 1 atom stereocenters. The van der Waals surface area contributed by atoms with Crippen molar-refractivity contribution in [1.82, 2.24) is 4.90 Å². The zero-order valence-corrected chi connectivity index (χ0v) is 15.8. The van der Waals surface area contributed by atoms with Crippen molar-refractivity contribution >= 4 is 23.0 Å². The van der Waals surface area contributed by atoms with Gasteiger partial charge in [-0.15, -0.1) is 0 Å². The third-order valence-electron chi connectivity index (χ3n) is 4.80. The molecule has 1 fully saturated rings. The number of anilines is 1. The van der Waals surface area contributed by atoms with Gasteiger partial charge in [0.25, 0.3) is 0 Å². The SMILES string of the molecule is Cc1cccc(NC(=S)N(Cc2ccccc2)CC2CCCO2)c1C. The molecule has 0 amide bonds. The molecule has 0 aliphatic carbocycles. The van der Waals surface area contributed by atoms with Gasteiger partial charge >= 0.3 is 0 Å². The molecule has 3 rings (SSSR count). The van der Waals surface area contributed by atoms with Gasteiger partial charge in [0.05, 0.1) is 6.10 Å². The van der Waals surface area contributed by atoms with Crippen LogP contribution in [0.15, 0.2) is 48.5 Å². The van der Waals surface area contributed by atoms with E-state index >= 15 is 0 Å². The van der Waals surface area contributed by atoms with Crippen molar-refractivity contribution in [1.29, 1.82) is 0 Å². The molecular weight excluding hydrogens is 328 g/mol. The first-order valence-electron chi connectivity index (χ1n) is 8.91. The summed E-state index contributed by atoms with van der Waals surface area (Å²) in [5.74, 6) is 0. The third kappa shape index (κ3) is 4.80. The summed E-state index contributed by atoms with van der Waals surface area (Å²) in [5, 5.41) is 4.20. The molecule has 0 aromatic heterocycles. The number of thiocarbonyl (C=S) groups is 1. The number of hydrogen-bond donors (Lipinski definition) is 1. The number of hydrogen-bond acceptors (Lipinski definition) is 2. The van der Waals surface area contributed by atoms with E-state index in [-0.39, 0.29) is 6.10 Å². The van der Waals surface area contributed by atoms with Crippen LogP contribution < -0.4 is 5.32 Å². The van der Waals surface area contributed by atoms with Crippen LogP contribution in [0.5, 0.6) is 0 Å². The Hall–Kier alpha value is -1.91. The second kappa shape index (κ2) is 8.45. The molecule has 0 spiro atoms. The number of nitrogens with zero attached hydrogens (tertiary/aromatic N) is 1. The third-order valence-corrected chi connectivity index (χ3v) is 5.16. The lowest BCUT2D eigenvalue weighted by molar-refractivity contribution is 0.0905. The van der Waals surface area contributed by atoms with E-state index in [1.54, 1.807) is 0 Å². The van der Waals surface area contributed by atoms with Crippen LogP contribution in [0.3, 0.4) is 0 Å². The van der Waals surface area contributed by atoms with Gasteiger partial charge in [-0.3, -0.25) is 0 Å². The highest BCUT2D eigenvalue weighted by Crippen LogP contribution is 2.20. The van der Waals surface area contributed by atoms with Gasteiger partial charge in [-0.1, -0.05) is 42.5 Å². The van der Waals surface area contributed by atoms with E-state index in [1.165, 1.54) is 16.7 Å². The van der Waals surface area contributed by atoms with Crippen LogP contribution in [0.2, 0.25) is 0 Å². The van der Waals surface area contributed by atoms with Crippen molar-refractivity contribution in [2.75, 3.05) is 18.5 Å². The van der Waals surface area contributed by atoms with Crippen molar-refractivity contribution in [2.45, 2.75) is 39.3 Å². The van der Waals surface area contributed by atoms with Crippen molar-refractivity contribution < 1.29 is 4.74 Å². The maximum Gasteiger partial charge on any atom is 0.173 e. The average molecular weight is 355 g/mol. The topological polar surface area (TPSA) is 24.5 Å². The first-order valence-corrected chi connectivity index (χ1v) is 9.32. The number of nitrogens with one attached hydrogen (secondary N) is 1. The Kier molecular flexibility index (Phi) is 6.05. The van der Waals surface area contributed by atoms with Gasteiger partial charge in [-0.2, -0.15) is 0 Å². The average Bonchev–Trinajstić information content (AvgIpc) is 3.12. The summed E-state index contributed by atoms with van der Waals surface area (Å²) in [5.41, 5.74) is 4.84. The van der Waals surface area contributed by atoms with Crippen molar-refractivity contribution in [3.63, 3.8) is 0 Å². The van der Waals surface area contributed by atoms with E-state index in [0.29, 0.717) is 0 Å². The Bertz CT molecular complexity index is 711. The molecule has 1 unspecified atom stereocenters. The molecule has 0 bridgehead atoms. The van der Waals surface area contributed by atoms with Gasteiger partial charge in [0.1, 0.15) is 0 Å². The molecule has 25 heavy (non-hydrogen) atoms. The molecule has 1 heterocycles. The van der Waals surface area contributed by atoms with E-state index < -0.39 is 0 Å². The zero-order chi connectivity index (χ0) is 17.6. The maximum atomic E-state index is 5.84. The second-order valence-electron chi connectivity index (χ2n) is 6.68. The number of rotatable bonds is 5.